The van der Waals surface area contributed by atoms with E-state index in [9.17, 15) is 8.42 Å². The largest absolute Gasteiger partial charge is 0.379 e. The minimum absolute atomic E-state index is 0.320. The lowest BCUT2D eigenvalue weighted by Gasteiger charge is -2.41. The quantitative estimate of drug-likeness (QED) is 0.743. The molecule has 108 valence electrons. The molecule has 1 aliphatic heterocycles. The van der Waals surface area contributed by atoms with Crippen LogP contribution in [0.15, 0.2) is 0 Å². The zero-order valence-corrected chi connectivity index (χ0v) is 12.4. The molecule has 1 aliphatic rings. The first-order chi connectivity index (χ1) is 8.42. The second-order valence-corrected chi connectivity index (χ2v) is 6.59. The first-order valence-corrected chi connectivity index (χ1v) is 7.87. The Balaban J connectivity index is 2.98. The van der Waals surface area contributed by atoms with Gasteiger partial charge in [0.25, 0.3) is 10.2 Å². The molecule has 0 saturated carbocycles. The predicted octanol–water partition coefficient (Wildman–Crippen LogP) is 0.0127. The minimum atomic E-state index is -3.45. The molecule has 0 aromatic heterocycles. The summed E-state index contributed by atoms with van der Waals surface area (Å²) in [6.45, 7) is 8.22. The molecule has 0 aromatic rings. The van der Waals surface area contributed by atoms with Gasteiger partial charge >= 0.3 is 0 Å². The van der Waals surface area contributed by atoms with E-state index in [0.717, 1.165) is 0 Å². The van der Waals surface area contributed by atoms with Crippen molar-refractivity contribution in [3.05, 3.63) is 0 Å². The monoisotopic (exact) mass is 279 g/mol. The van der Waals surface area contributed by atoms with Gasteiger partial charge in [-0.25, -0.2) is 0 Å². The van der Waals surface area contributed by atoms with Gasteiger partial charge in [0.1, 0.15) is 0 Å². The number of morpholine rings is 1. The number of nitrogens with zero attached hydrogens (tertiary/aromatic N) is 2. The highest BCUT2D eigenvalue weighted by Crippen LogP contribution is 2.24. The molecule has 18 heavy (non-hydrogen) atoms. The Kier molecular flexibility index (Phi) is 5.54. The van der Waals surface area contributed by atoms with Gasteiger partial charge in [-0.15, -0.1) is 0 Å². The average molecular weight is 279 g/mol. The zero-order valence-electron chi connectivity index (χ0n) is 11.6. The van der Waals surface area contributed by atoms with Crippen molar-refractivity contribution in [2.24, 2.45) is 5.73 Å². The van der Waals surface area contributed by atoms with E-state index in [2.05, 4.69) is 0 Å². The van der Waals surface area contributed by atoms with Crippen molar-refractivity contribution in [2.75, 3.05) is 39.4 Å². The summed E-state index contributed by atoms with van der Waals surface area (Å²) in [4.78, 5) is 0. The molecule has 1 saturated heterocycles. The van der Waals surface area contributed by atoms with E-state index in [-0.39, 0.29) is 0 Å². The Bertz CT molecular complexity index is 349. The standard InChI is InChI=1S/C11H25N3O3S/c1-4-11(3,10-12)14(5-2)18(15,16)13-6-8-17-9-7-13/h4-10,12H2,1-3H3. The predicted molar refractivity (Wildman–Crippen MR) is 71.4 cm³/mol. The van der Waals surface area contributed by atoms with Crippen molar-refractivity contribution < 1.29 is 13.2 Å². The second-order valence-electron chi connectivity index (χ2n) is 4.74. The van der Waals surface area contributed by atoms with Crippen LogP contribution in [0.1, 0.15) is 27.2 Å². The third kappa shape index (κ3) is 3.03. The Morgan fingerprint density at radius 1 is 1.33 bits per heavy atom. The molecule has 1 atom stereocenters. The number of hydrogen-bond donors (Lipinski definition) is 1. The maximum Gasteiger partial charge on any atom is 0.282 e. The fraction of sp³-hybridized carbons (Fsp3) is 1.00. The van der Waals surface area contributed by atoms with E-state index in [1.54, 1.807) is 0 Å². The maximum atomic E-state index is 12.6. The van der Waals surface area contributed by atoms with Gasteiger partial charge in [0.2, 0.25) is 0 Å². The third-order valence-electron chi connectivity index (χ3n) is 3.67. The summed E-state index contributed by atoms with van der Waals surface area (Å²) in [5, 5.41) is 0. The lowest BCUT2D eigenvalue weighted by Crippen LogP contribution is -2.59. The van der Waals surface area contributed by atoms with Crippen LogP contribution < -0.4 is 5.73 Å². The summed E-state index contributed by atoms with van der Waals surface area (Å²) in [7, 11) is -3.45. The summed E-state index contributed by atoms with van der Waals surface area (Å²) in [5.74, 6) is 0. The Labute approximate surface area is 110 Å². The van der Waals surface area contributed by atoms with Gasteiger partial charge in [0.05, 0.1) is 13.2 Å². The van der Waals surface area contributed by atoms with Crippen molar-refractivity contribution in [1.82, 2.24) is 8.61 Å². The molecule has 7 heteroatoms. The summed E-state index contributed by atoms with van der Waals surface area (Å²) in [6.07, 6.45) is 0.695. The molecule has 0 amide bonds. The molecule has 0 aromatic carbocycles. The molecule has 0 radical (unpaired) electrons. The minimum Gasteiger partial charge on any atom is -0.379 e. The molecule has 0 spiro atoms. The Hall–Kier alpha value is -0.210. The van der Waals surface area contributed by atoms with Gasteiger partial charge in [-0.1, -0.05) is 13.8 Å². The number of likely N-dealkylation sites (N-methyl/N-ethyl adjacent to an activating group) is 1. The maximum absolute atomic E-state index is 12.6. The van der Waals surface area contributed by atoms with Crippen molar-refractivity contribution in [2.45, 2.75) is 32.7 Å². The summed E-state index contributed by atoms with van der Waals surface area (Å²) >= 11 is 0. The smallest absolute Gasteiger partial charge is 0.282 e. The molecular formula is C11H25N3O3S. The van der Waals surface area contributed by atoms with Gasteiger partial charge in [-0.3, -0.25) is 0 Å². The van der Waals surface area contributed by atoms with Crippen LogP contribution in [0.2, 0.25) is 0 Å². The van der Waals surface area contributed by atoms with Crippen LogP contribution in [0.25, 0.3) is 0 Å². The van der Waals surface area contributed by atoms with Crippen LogP contribution in [0.5, 0.6) is 0 Å². The van der Waals surface area contributed by atoms with E-state index in [1.165, 1.54) is 8.61 Å². The number of hydrogen-bond acceptors (Lipinski definition) is 4. The fourth-order valence-electron chi connectivity index (χ4n) is 2.16. The molecule has 1 fully saturated rings. The van der Waals surface area contributed by atoms with Crippen molar-refractivity contribution >= 4 is 10.2 Å². The summed E-state index contributed by atoms with van der Waals surface area (Å²) in [6, 6.07) is 0. The average Bonchev–Trinajstić information content (AvgIpc) is 2.40. The highest BCUT2D eigenvalue weighted by atomic mass is 32.2. The SMILES string of the molecule is CCN(C(C)(CC)CN)S(=O)(=O)N1CCOCC1. The van der Waals surface area contributed by atoms with Gasteiger partial charge in [0.15, 0.2) is 0 Å². The molecule has 1 rings (SSSR count). The third-order valence-corrected chi connectivity index (χ3v) is 5.94. The van der Waals surface area contributed by atoms with Crippen molar-refractivity contribution in [1.29, 1.82) is 0 Å². The van der Waals surface area contributed by atoms with Gasteiger partial charge < -0.3 is 10.5 Å². The number of rotatable bonds is 6. The lowest BCUT2D eigenvalue weighted by atomic mass is 9.99. The van der Waals surface area contributed by atoms with Crippen LogP contribution in [-0.4, -0.2) is 62.0 Å². The molecule has 1 unspecified atom stereocenters. The molecule has 1 heterocycles. The van der Waals surface area contributed by atoms with Gasteiger partial charge in [-0.05, 0) is 13.3 Å². The fourth-order valence-corrected chi connectivity index (χ4v) is 4.14. The normalized spacial score (nSPS) is 22.1. The van der Waals surface area contributed by atoms with Gasteiger partial charge in [0, 0.05) is 31.7 Å². The van der Waals surface area contributed by atoms with E-state index in [4.69, 9.17) is 10.5 Å². The number of nitrogens with two attached hydrogens (primary N) is 1. The van der Waals surface area contributed by atoms with Crippen LogP contribution in [0.3, 0.4) is 0 Å². The summed E-state index contributed by atoms with van der Waals surface area (Å²) in [5.41, 5.74) is 5.25. The molecule has 6 nitrogen and oxygen atoms in total. The molecule has 0 bridgehead atoms. The second kappa shape index (κ2) is 6.29. The molecular weight excluding hydrogens is 254 g/mol. The topological polar surface area (TPSA) is 75.9 Å². The number of ether oxygens (including phenoxy) is 1. The van der Waals surface area contributed by atoms with E-state index >= 15 is 0 Å². The molecule has 0 aliphatic carbocycles. The lowest BCUT2D eigenvalue weighted by molar-refractivity contribution is 0.0669. The Morgan fingerprint density at radius 2 is 1.89 bits per heavy atom. The van der Waals surface area contributed by atoms with Crippen molar-refractivity contribution in [3.63, 3.8) is 0 Å². The van der Waals surface area contributed by atoms with Crippen LogP contribution in [-0.2, 0) is 14.9 Å². The Morgan fingerprint density at radius 3 is 2.28 bits per heavy atom. The van der Waals surface area contributed by atoms with Crippen LogP contribution in [0, 0.1) is 0 Å². The zero-order chi connectivity index (χ0) is 13.8. The van der Waals surface area contributed by atoms with Gasteiger partial charge in [-0.2, -0.15) is 17.0 Å². The van der Waals surface area contributed by atoms with Crippen LogP contribution >= 0.6 is 0 Å². The van der Waals surface area contributed by atoms with Crippen molar-refractivity contribution in [3.8, 4) is 0 Å². The summed E-state index contributed by atoms with van der Waals surface area (Å²) < 4.78 is 33.5. The highest BCUT2D eigenvalue weighted by Gasteiger charge is 2.40. The van der Waals surface area contributed by atoms with Crippen LogP contribution in [0.4, 0.5) is 0 Å². The first-order valence-electron chi connectivity index (χ1n) is 6.48. The highest BCUT2D eigenvalue weighted by molar-refractivity contribution is 7.86. The molecule has 2 N–H and O–H groups in total. The first kappa shape index (κ1) is 15.8. The van der Waals surface area contributed by atoms with E-state index in [0.29, 0.717) is 45.8 Å². The van der Waals surface area contributed by atoms with E-state index in [1.807, 2.05) is 20.8 Å². The van der Waals surface area contributed by atoms with E-state index < -0.39 is 15.7 Å².